The first-order valence-corrected chi connectivity index (χ1v) is 6.19. The van der Waals surface area contributed by atoms with Crippen LogP contribution in [0.4, 0.5) is 0 Å². The fourth-order valence-corrected chi connectivity index (χ4v) is 1.83. The third kappa shape index (κ3) is 3.15. The number of carbonyl (C=O) groups is 1. The number of rotatable bonds is 5. The van der Waals surface area contributed by atoms with Gasteiger partial charge in [-0.25, -0.2) is 10.3 Å². The summed E-state index contributed by atoms with van der Waals surface area (Å²) in [5.74, 6) is -0.807. The monoisotopic (exact) mass is 284 g/mol. The maximum absolute atomic E-state index is 11.7. The van der Waals surface area contributed by atoms with Crippen molar-refractivity contribution in [2.75, 3.05) is 6.61 Å². The van der Waals surface area contributed by atoms with E-state index in [1.807, 2.05) is 0 Å². The third-order valence-electron chi connectivity index (χ3n) is 2.52. The van der Waals surface area contributed by atoms with Gasteiger partial charge in [-0.1, -0.05) is 11.6 Å². The van der Waals surface area contributed by atoms with Gasteiger partial charge in [0.15, 0.2) is 5.58 Å². The zero-order chi connectivity index (χ0) is 13.8. The number of carbonyl (C=O) groups excluding carboxylic acids is 1. The lowest BCUT2D eigenvalue weighted by Crippen LogP contribution is -2.26. The van der Waals surface area contributed by atoms with E-state index in [1.54, 1.807) is 25.1 Å². The van der Waals surface area contributed by atoms with E-state index in [2.05, 4.69) is 5.48 Å². The lowest BCUT2D eigenvalue weighted by molar-refractivity contribution is -0.133. The molecule has 0 spiro atoms. The molecule has 0 unspecified atom stereocenters. The second-order valence-corrected chi connectivity index (χ2v) is 4.28. The Morgan fingerprint density at radius 2 is 2.32 bits per heavy atom. The van der Waals surface area contributed by atoms with Gasteiger partial charge in [0.1, 0.15) is 0 Å². The standard InChI is InChI=1S/C12H13ClN2O4/c1-2-18-14-11(16)5-6-15-9-4-3-8(13)7-10(9)19-12(15)17/h3-4,7H,2,5-6H2,1H3,(H,14,16). The number of amides is 1. The quantitative estimate of drug-likeness (QED) is 0.848. The largest absolute Gasteiger partial charge is 0.419 e. The average molecular weight is 285 g/mol. The first-order chi connectivity index (χ1) is 9.11. The van der Waals surface area contributed by atoms with Crippen LogP contribution < -0.4 is 11.2 Å². The lowest BCUT2D eigenvalue weighted by Gasteiger charge is -2.04. The van der Waals surface area contributed by atoms with Crippen molar-refractivity contribution in [1.29, 1.82) is 0 Å². The highest BCUT2D eigenvalue weighted by atomic mass is 35.5. The molecule has 1 heterocycles. The molecule has 2 rings (SSSR count). The average Bonchev–Trinajstić information content (AvgIpc) is 2.68. The highest BCUT2D eigenvalue weighted by molar-refractivity contribution is 6.31. The molecule has 0 atom stereocenters. The van der Waals surface area contributed by atoms with Crippen molar-refractivity contribution in [2.24, 2.45) is 0 Å². The summed E-state index contributed by atoms with van der Waals surface area (Å²) in [5, 5.41) is 0.488. The smallest absolute Gasteiger partial charge is 0.408 e. The SMILES string of the molecule is CCONC(=O)CCn1c(=O)oc2cc(Cl)ccc21. The van der Waals surface area contributed by atoms with Crippen molar-refractivity contribution in [1.82, 2.24) is 10.0 Å². The van der Waals surface area contributed by atoms with Crippen LogP contribution in [0.3, 0.4) is 0 Å². The van der Waals surface area contributed by atoms with Crippen molar-refractivity contribution in [3.05, 3.63) is 33.8 Å². The van der Waals surface area contributed by atoms with Crippen LogP contribution in [0.5, 0.6) is 0 Å². The van der Waals surface area contributed by atoms with E-state index in [0.29, 0.717) is 22.7 Å². The number of aromatic nitrogens is 1. The summed E-state index contributed by atoms with van der Waals surface area (Å²) in [6.45, 7) is 2.36. The normalized spacial score (nSPS) is 10.8. The van der Waals surface area contributed by atoms with E-state index in [-0.39, 0.29) is 18.9 Å². The van der Waals surface area contributed by atoms with Crippen molar-refractivity contribution in [3.8, 4) is 0 Å². The van der Waals surface area contributed by atoms with Gasteiger partial charge in [-0.15, -0.1) is 0 Å². The Bertz CT molecular complexity index is 647. The molecular formula is C12H13ClN2O4. The van der Waals surface area contributed by atoms with Crippen LogP contribution in [0, 0.1) is 0 Å². The van der Waals surface area contributed by atoms with Crippen molar-refractivity contribution < 1.29 is 14.0 Å². The summed E-state index contributed by atoms with van der Waals surface area (Å²) in [5.41, 5.74) is 3.28. The van der Waals surface area contributed by atoms with Gasteiger partial charge < -0.3 is 4.42 Å². The Hall–Kier alpha value is -1.79. The molecule has 0 saturated heterocycles. The van der Waals surface area contributed by atoms with Crippen LogP contribution in [-0.2, 0) is 16.2 Å². The third-order valence-corrected chi connectivity index (χ3v) is 2.76. The van der Waals surface area contributed by atoms with E-state index in [4.69, 9.17) is 20.9 Å². The minimum atomic E-state index is -0.513. The molecular weight excluding hydrogens is 272 g/mol. The molecule has 0 radical (unpaired) electrons. The molecule has 19 heavy (non-hydrogen) atoms. The highest BCUT2D eigenvalue weighted by Gasteiger charge is 2.11. The summed E-state index contributed by atoms with van der Waals surface area (Å²) in [6, 6.07) is 4.91. The Kier molecular flexibility index (Phi) is 4.24. The Labute approximate surface area is 113 Å². The molecule has 0 aliphatic rings. The van der Waals surface area contributed by atoms with Crippen molar-refractivity contribution >= 4 is 28.6 Å². The predicted octanol–water partition coefficient (Wildman–Crippen LogP) is 1.71. The molecule has 0 bridgehead atoms. The van der Waals surface area contributed by atoms with Gasteiger partial charge in [-0.3, -0.25) is 14.2 Å². The number of aryl methyl sites for hydroxylation is 1. The molecule has 1 N–H and O–H groups in total. The highest BCUT2D eigenvalue weighted by Crippen LogP contribution is 2.18. The summed E-state index contributed by atoms with van der Waals surface area (Å²) in [6.07, 6.45) is 0.122. The van der Waals surface area contributed by atoms with E-state index in [1.165, 1.54) is 4.57 Å². The maximum atomic E-state index is 11.7. The van der Waals surface area contributed by atoms with E-state index in [0.717, 1.165) is 0 Å². The Morgan fingerprint density at radius 3 is 3.05 bits per heavy atom. The van der Waals surface area contributed by atoms with Gasteiger partial charge in [0.2, 0.25) is 5.91 Å². The molecule has 1 aromatic carbocycles. The van der Waals surface area contributed by atoms with Crippen LogP contribution in [0.1, 0.15) is 13.3 Å². The Morgan fingerprint density at radius 1 is 1.53 bits per heavy atom. The Balaban J connectivity index is 2.14. The van der Waals surface area contributed by atoms with Gasteiger partial charge in [-0.2, -0.15) is 0 Å². The van der Waals surface area contributed by atoms with E-state index >= 15 is 0 Å². The molecule has 1 amide bonds. The number of nitrogens with one attached hydrogen (secondary N) is 1. The number of hydrogen-bond acceptors (Lipinski definition) is 4. The van der Waals surface area contributed by atoms with Gasteiger partial charge in [0.05, 0.1) is 12.1 Å². The number of fused-ring (bicyclic) bond motifs is 1. The number of nitrogens with zero attached hydrogens (tertiary/aromatic N) is 1. The summed E-state index contributed by atoms with van der Waals surface area (Å²) in [4.78, 5) is 27.8. The van der Waals surface area contributed by atoms with Gasteiger partial charge in [0.25, 0.3) is 0 Å². The number of hydrogen-bond donors (Lipinski definition) is 1. The topological polar surface area (TPSA) is 73.5 Å². The van der Waals surface area contributed by atoms with Crippen LogP contribution in [-0.4, -0.2) is 17.1 Å². The molecule has 1 aromatic heterocycles. The molecule has 6 nitrogen and oxygen atoms in total. The van der Waals surface area contributed by atoms with Gasteiger partial charge >= 0.3 is 5.76 Å². The second kappa shape index (κ2) is 5.90. The summed E-state index contributed by atoms with van der Waals surface area (Å²) < 4.78 is 6.44. The first-order valence-electron chi connectivity index (χ1n) is 5.81. The zero-order valence-corrected chi connectivity index (χ0v) is 11.1. The van der Waals surface area contributed by atoms with Crippen molar-refractivity contribution in [2.45, 2.75) is 19.9 Å². The van der Waals surface area contributed by atoms with Gasteiger partial charge in [-0.05, 0) is 19.1 Å². The number of oxazole rings is 1. The van der Waals surface area contributed by atoms with E-state index < -0.39 is 5.76 Å². The van der Waals surface area contributed by atoms with E-state index in [9.17, 15) is 9.59 Å². The zero-order valence-electron chi connectivity index (χ0n) is 10.3. The maximum Gasteiger partial charge on any atom is 0.419 e. The van der Waals surface area contributed by atoms with Crippen molar-refractivity contribution in [3.63, 3.8) is 0 Å². The first kappa shape index (κ1) is 13.6. The molecule has 0 saturated carbocycles. The number of halogens is 1. The van der Waals surface area contributed by atoms with Crippen LogP contribution in [0.2, 0.25) is 5.02 Å². The van der Waals surface area contributed by atoms with Crippen LogP contribution >= 0.6 is 11.6 Å². The van der Waals surface area contributed by atoms with Gasteiger partial charge in [0, 0.05) is 24.1 Å². The number of benzene rings is 1. The molecule has 102 valence electrons. The summed E-state index contributed by atoms with van der Waals surface area (Å²) >= 11 is 5.81. The molecule has 0 aliphatic heterocycles. The fourth-order valence-electron chi connectivity index (χ4n) is 1.67. The summed E-state index contributed by atoms with van der Waals surface area (Å²) in [7, 11) is 0. The molecule has 0 aliphatic carbocycles. The lowest BCUT2D eigenvalue weighted by atomic mass is 10.3. The second-order valence-electron chi connectivity index (χ2n) is 3.84. The van der Waals surface area contributed by atoms with Crippen LogP contribution in [0.25, 0.3) is 11.1 Å². The predicted molar refractivity (Wildman–Crippen MR) is 69.9 cm³/mol. The minimum Gasteiger partial charge on any atom is -0.408 e. The molecule has 7 heteroatoms. The molecule has 2 aromatic rings. The minimum absolute atomic E-state index is 0.122. The molecule has 0 fully saturated rings. The van der Waals surface area contributed by atoms with Crippen LogP contribution in [0.15, 0.2) is 27.4 Å². The number of hydroxylamine groups is 1. The fraction of sp³-hybridized carbons (Fsp3) is 0.333.